The molecule has 0 aromatic heterocycles. The monoisotopic (exact) mass is 208 g/mol. The lowest BCUT2D eigenvalue weighted by Gasteiger charge is -2.06. The van der Waals surface area contributed by atoms with Crippen LogP contribution < -0.4 is 4.74 Å². The van der Waals surface area contributed by atoms with Crippen molar-refractivity contribution in [2.45, 2.75) is 0 Å². The zero-order valence-electron chi connectivity index (χ0n) is 7.62. The van der Waals surface area contributed by atoms with Gasteiger partial charge in [0, 0.05) is 15.8 Å². The van der Waals surface area contributed by atoms with Gasteiger partial charge in [0.05, 0.1) is 7.11 Å². The first-order valence-corrected chi connectivity index (χ1v) is 4.55. The minimum Gasteiger partial charge on any atom is -0.507 e. The van der Waals surface area contributed by atoms with Crippen molar-refractivity contribution in [3.8, 4) is 11.5 Å². The van der Waals surface area contributed by atoms with Crippen LogP contribution in [-0.2, 0) is 0 Å². The number of methoxy groups -OCH3 is 1. The number of ether oxygens (including phenoxy) is 1. The highest BCUT2D eigenvalue weighted by molar-refractivity contribution is 6.31. The molecule has 0 saturated heterocycles. The molecule has 14 heavy (non-hydrogen) atoms. The lowest BCUT2D eigenvalue weighted by molar-refractivity contribution is 0.418. The Bertz CT molecular complexity index is 480. The summed E-state index contributed by atoms with van der Waals surface area (Å²) in [4.78, 5) is 0. The molecule has 0 atom stereocenters. The zero-order valence-corrected chi connectivity index (χ0v) is 8.38. The van der Waals surface area contributed by atoms with Crippen LogP contribution in [0, 0.1) is 0 Å². The van der Waals surface area contributed by atoms with Gasteiger partial charge in [-0.3, -0.25) is 0 Å². The van der Waals surface area contributed by atoms with E-state index in [2.05, 4.69) is 0 Å². The van der Waals surface area contributed by atoms with Gasteiger partial charge in [-0.2, -0.15) is 0 Å². The van der Waals surface area contributed by atoms with Gasteiger partial charge in [0.15, 0.2) is 0 Å². The van der Waals surface area contributed by atoms with Crippen molar-refractivity contribution in [2.75, 3.05) is 7.11 Å². The summed E-state index contributed by atoms with van der Waals surface area (Å²) in [6.45, 7) is 0. The Hall–Kier alpha value is -1.41. The van der Waals surface area contributed by atoms with Crippen LogP contribution in [0.2, 0.25) is 5.02 Å². The van der Waals surface area contributed by atoms with Gasteiger partial charge in [-0.25, -0.2) is 0 Å². The summed E-state index contributed by atoms with van der Waals surface area (Å²) < 4.78 is 5.17. The van der Waals surface area contributed by atoms with Crippen molar-refractivity contribution in [3.63, 3.8) is 0 Å². The number of hydrogen-bond acceptors (Lipinski definition) is 2. The summed E-state index contributed by atoms with van der Waals surface area (Å²) in [7, 11) is 1.59. The highest BCUT2D eigenvalue weighted by Crippen LogP contribution is 2.33. The van der Waals surface area contributed by atoms with Crippen molar-refractivity contribution in [3.05, 3.63) is 35.4 Å². The van der Waals surface area contributed by atoms with Crippen LogP contribution in [-0.4, -0.2) is 12.2 Å². The Morgan fingerprint density at radius 3 is 2.64 bits per heavy atom. The number of phenols is 1. The molecule has 0 spiro atoms. The maximum atomic E-state index is 9.58. The lowest BCUT2D eigenvalue weighted by Crippen LogP contribution is -1.84. The number of benzene rings is 2. The van der Waals surface area contributed by atoms with Gasteiger partial charge in [-0.15, -0.1) is 0 Å². The van der Waals surface area contributed by atoms with Crippen LogP contribution in [0.5, 0.6) is 11.5 Å². The second kappa shape index (κ2) is 3.39. The van der Waals surface area contributed by atoms with Crippen molar-refractivity contribution in [2.24, 2.45) is 0 Å². The first-order chi connectivity index (χ1) is 6.72. The van der Waals surface area contributed by atoms with Crippen LogP contribution in [0.1, 0.15) is 0 Å². The first-order valence-electron chi connectivity index (χ1n) is 4.17. The van der Waals surface area contributed by atoms with Crippen LogP contribution >= 0.6 is 11.6 Å². The van der Waals surface area contributed by atoms with E-state index in [0.717, 1.165) is 10.8 Å². The molecule has 2 rings (SSSR count). The molecule has 1 N–H and O–H groups in total. The fraction of sp³-hybridized carbons (Fsp3) is 0.0909. The number of rotatable bonds is 1. The van der Waals surface area contributed by atoms with E-state index < -0.39 is 0 Å². The van der Waals surface area contributed by atoms with Gasteiger partial charge in [-0.1, -0.05) is 11.6 Å². The quantitative estimate of drug-likeness (QED) is 0.780. The predicted octanol–water partition coefficient (Wildman–Crippen LogP) is 3.21. The van der Waals surface area contributed by atoms with E-state index in [1.165, 1.54) is 0 Å². The Balaban J connectivity index is 2.85. The van der Waals surface area contributed by atoms with E-state index in [4.69, 9.17) is 16.3 Å². The number of fused-ring (bicyclic) bond motifs is 1. The maximum absolute atomic E-state index is 9.58. The summed E-state index contributed by atoms with van der Waals surface area (Å²) >= 11 is 5.86. The van der Waals surface area contributed by atoms with Crippen molar-refractivity contribution in [1.82, 2.24) is 0 Å². The fourth-order valence-corrected chi connectivity index (χ4v) is 1.63. The molecule has 72 valence electrons. The molecule has 0 radical (unpaired) electrons. The molecule has 2 aromatic rings. The topological polar surface area (TPSA) is 29.5 Å². The third kappa shape index (κ3) is 1.38. The Labute approximate surface area is 86.7 Å². The smallest absolute Gasteiger partial charge is 0.127 e. The van der Waals surface area contributed by atoms with Crippen LogP contribution in [0.25, 0.3) is 10.8 Å². The summed E-state index contributed by atoms with van der Waals surface area (Å²) in [5.74, 6) is 0.942. The Kier molecular flexibility index (Phi) is 2.22. The second-order valence-electron chi connectivity index (χ2n) is 2.98. The number of aromatic hydroxyl groups is 1. The predicted molar refractivity (Wildman–Crippen MR) is 57.2 cm³/mol. The third-order valence-corrected chi connectivity index (χ3v) is 2.37. The van der Waals surface area contributed by atoms with Gasteiger partial charge >= 0.3 is 0 Å². The van der Waals surface area contributed by atoms with Gasteiger partial charge in [0.25, 0.3) is 0 Å². The highest BCUT2D eigenvalue weighted by Gasteiger charge is 2.05. The molecule has 0 fully saturated rings. The molecule has 0 aliphatic heterocycles. The van der Waals surface area contributed by atoms with E-state index in [-0.39, 0.29) is 5.75 Å². The molecule has 0 saturated carbocycles. The SMILES string of the molecule is COc1ccc(O)c2ccc(Cl)cc12. The molecule has 0 heterocycles. The first kappa shape index (κ1) is 9.16. The second-order valence-corrected chi connectivity index (χ2v) is 3.41. The van der Waals surface area contributed by atoms with E-state index in [9.17, 15) is 5.11 Å². The van der Waals surface area contributed by atoms with Gasteiger partial charge < -0.3 is 9.84 Å². The van der Waals surface area contributed by atoms with Crippen molar-refractivity contribution < 1.29 is 9.84 Å². The van der Waals surface area contributed by atoms with Gasteiger partial charge in [0.2, 0.25) is 0 Å². The minimum absolute atomic E-state index is 0.234. The molecule has 0 aliphatic rings. The van der Waals surface area contributed by atoms with E-state index in [1.807, 2.05) is 0 Å². The van der Waals surface area contributed by atoms with Crippen LogP contribution in [0.3, 0.4) is 0 Å². The number of phenolic OH excluding ortho intramolecular Hbond substituents is 1. The van der Waals surface area contributed by atoms with Gasteiger partial charge in [-0.05, 0) is 30.3 Å². The fourth-order valence-electron chi connectivity index (χ4n) is 1.46. The summed E-state index contributed by atoms with van der Waals surface area (Å²) in [5.41, 5.74) is 0. The molecule has 3 heteroatoms. The van der Waals surface area contributed by atoms with E-state index in [1.54, 1.807) is 37.4 Å². The average Bonchev–Trinajstić information content (AvgIpc) is 2.18. The molecule has 0 bridgehead atoms. The maximum Gasteiger partial charge on any atom is 0.127 e. The standard InChI is InChI=1S/C11H9ClO2/c1-14-11-5-4-10(13)8-3-2-7(12)6-9(8)11/h2-6,13H,1H3. The molecule has 0 unspecified atom stereocenters. The Morgan fingerprint density at radius 1 is 1.14 bits per heavy atom. The lowest BCUT2D eigenvalue weighted by atomic mass is 10.1. The summed E-state index contributed by atoms with van der Waals surface area (Å²) in [5, 5.41) is 11.8. The molecular formula is C11H9ClO2. The van der Waals surface area contributed by atoms with E-state index >= 15 is 0 Å². The van der Waals surface area contributed by atoms with Crippen molar-refractivity contribution >= 4 is 22.4 Å². The average molecular weight is 209 g/mol. The normalized spacial score (nSPS) is 10.4. The summed E-state index contributed by atoms with van der Waals surface area (Å²) in [6.07, 6.45) is 0. The van der Waals surface area contributed by atoms with Gasteiger partial charge in [0.1, 0.15) is 11.5 Å². The highest BCUT2D eigenvalue weighted by atomic mass is 35.5. The third-order valence-electron chi connectivity index (χ3n) is 2.14. The minimum atomic E-state index is 0.234. The number of halogens is 1. The zero-order chi connectivity index (χ0) is 10.1. The number of hydrogen-bond donors (Lipinski definition) is 1. The molecular weight excluding hydrogens is 200 g/mol. The summed E-state index contributed by atoms with van der Waals surface area (Å²) in [6, 6.07) is 8.61. The van der Waals surface area contributed by atoms with Crippen LogP contribution in [0.4, 0.5) is 0 Å². The van der Waals surface area contributed by atoms with Crippen molar-refractivity contribution in [1.29, 1.82) is 0 Å². The largest absolute Gasteiger partial charge is 0.507 e. The molecule has 2 nitrogen and oxygen atoms in total. The van der Waals surface area contributed by atoms with Crippen LogP contribution in [0.15, 0.2) is 30.3 Å². The molecule has 2 aromatic carbocycles. The molecule has 0 amide bonds. The Morgan fingerprint density at radius 2 is 1.93 bits per heavy atom. The molecule has 0 aliphatic carbocycles. The van der Waals surface area contributed by atoms with E-state index in [0.29, 0.717) is 10.8 Å².